The molecule has 142 valence electrons. The SMILES string of the molecule is Cl.O=C(O)c1ccc2c(c1)nc(NCCc1cccc(F)c1)c1ccncc12. The van der Waals surface area contributed by atoms with E-state index < -0.39 is 5.97 Å². The first-order valence-electron chi connectivity index (χ1n) is 8.51. The number of carbonyl (C=O) groups is 1. The monoisotopic (exact) mass is 397 g/mol. The Hall–Kier alpha value is -3.25. The molecule has 0 aliphatic rings. The zero-order valence-electron chi connectivity index (χ0n) is 14.7. The van der Waals surface area contributed by atoms with Crippen molar-refractivity contribution >= 4 is 45.9 Å². The summed E-state index contributed by atoms with van der Waals surface area (Å²) in [4.78, 5) is 20.1. The molecular weight excluding hydrogens is 381 g/mol. The first-order valence-corrected chi connectivity index (χ1v) is 8.51. The van der Waals surface area contributed by atoms with Gasteiger partial charge < -0.3 is 10.4 Å². The summed E-state index contributed by atoms with van der Waals surface area (Å²) in [6.07, 6.45) is 4.08. The lowest BCUT2D eigenvalue weighted by molar-refractivity contribution is 0.0697. The van der Waals surface area contributed by atoms with Gasteiger partial charge in [-0.25, -0.2) is 14.2 Å². The second-order valence-electron chi connectivity index (χ2n) is 6.23. The van der Waals surface area contributed by atoms with Gasteiger partial charge in [0.05, 0.1) is 11.1 Å². The van der Waals surface area contributed by atoms with Crippen molar-refractivity contribution in [2.45, 2.75) is 6.42 Å². The predicted molar refractivity (Wildman–Crippen MR) is 110 cm³/mol. The molecule has 0 saturated heterocycles. The maximum absolute atomic E-state index is 13.3. The van der Waals surface area contributed by atoms with Crippen LogP contribution in [0, 0.1) is 5.82 Å². The molecule has 0 spiro atoms. The highest BCUT2D eigenvalue weighted by Crippen LogP contribution is 2.29. The molecular formula is C21H17ClFN3O2. The van der Waals surface area contributed by atoms with Gasteiger partial charge in [-0.2, -0.15) is 0 Å². The smallest absolute Gasteiger partial charge is 0.335 e. The molecule has 2 heterocycles. The first kappa shape index (κ1) is 19.5. The molecule has 0 aliphatic heterocycles. The van der Waals surface area contributed by atoms with Crippen molar-refractivity contribution < 1.29 is 14.3 Å². The van der Waals surface area contributed by atoms with Gasteiger partial charge in [0.2, 0.25) is 0 Å². The average Bonchev–Trinajstić information content (AvgIpc) is 2.67. The van der Waals surface area contributed by atoms with Gasteiger partial charge in [0.25, 0.3) is 0 Å². The molecule has 2 aromatic heterocycles. The number of hydrogen-bond donors (Lipinski definition) is 2. The lowest BCUT2D eigenvalue weighted by atomic mass is 10.1. The number of carboxylic acids is 1. The molecule has 2 aromatic carbocycles. The van der Waals surface area contributed by atoms with E-state index in [1.165, 1.54) is 12.1 Å². The lowest BCUT2D eigenvalue weighted by Crippen LogP contribution is -2.07. The van der Waals surface area contributed by atoms with Crippen molar-refractivity contribution in [3.63, 3.8) is 0 Å². The highest BCUT2D eigenvalue weighted by molar-refractivity contribution is 6.10. The molecule has 5 nitrogen and oxygen atoms in total. The van der Waals surface area contributed by atoms with Crippen molar-refractivity contribution in [1.82, 2.24) is 9.97 Å². The van der Waals surface area contributed by atoms with E-state index in [1.807, 2.05) is 12.1 Å². The second kappa shape index (κ2) is 8.19. The summed E-state index contributed by atoms with van der Waals surface area (Å²) in [6.45, 7) is 0.567. The topological polar surface area (TPSA) is 75.1 Å². The number of nitrogens with zero attached hydrogens (tertiary/aromatic N) is 2. The van der Waals surface area contributed by atoms with Gasteiger partial charge in [0.1, 0.15) is 11.6 Å². The summed E-state index contributed by atoms with van der Waals surface area (Å²) in [7, 11) is 0. The number of pyridine rings is 2. The molecule has 7 heteroatoms. The van der Waals surface area contributed by atoms with Gasteiger partial charge in [-0.3, -0.25) is 4.98 Å². The number of hydrogen-bond acceptors (Lipinski definition) is 4. The summed E-state index contributed by atoms with van der Waals surface area (Å²) >= 11 is 0. The van der Waals surface area contributed by atoms with E-state index >= 15 is 0 Å². The number of aromatic carboxylic acids is 1. The number of nitrogens with one attached hydrogen (secondary N) is 1. The van der Waals surface area contributed by atoms with Crippen LogP contribution in [-0.4, -0.2) is 27.6 Å². The minimum atomic E-state index is -0.995. The Morgan fingerprint density at radius 2 is 1.93 bits per heavy atom. The molecule has 2 N–H and O–H groups in total. The van der Waals surface area contributed by atoms with E-state index in [-0.39, 0.29) is 23.8 Å². The van der Waals surface area contributed by atoms with Crippen LogP contribution >= 0.6 is 12.4 Å². The van der Waals surface area contributed by atoms with Crippen LogP contribution in [0.25, 0.3) is 21.7 Å². The fourth-order valence-electron chi connectivity index (χ4n) is 3.13. The highest BCUT2D eigenvalue weighted by atomic mass is 35.5. The van der Waals surface area contributed by atoms with Crippen LogP contribution in [-0.2, 0) is 6.42 Å². The van der Waals surface area contributed by atoms with Gasteiger partial charge in [-0.05, 0) is 42.3 Å². The van der Waals surface area contributed by atoms with Crippen LogP contribution in [0.3, 0.4) is 0 Å². The first-order chi connectivity index (χ1) is 13.1. The van der Waals surface area contributed by atoms with Crippen LogP contribution in [0.4, 0.5) is 10.2 Å². The van der Waals surface area contributed by atoms with Crippen molar-refractivity contribution in [2.75, 3.05) is 11.9 Å². The minimum Gasteiger partial charge on any atom is -0.478 e. The Labute approximate surface area is 166 Å². The molecule has 0 unspecified atom stereocenters. The molecule has 0 radical (unpaired) electrons. The maximum atomic E-state index is 13.3. The summed E-state index contributed by atoms with van der Waals surface area (Å²) in [6, 6.07) is 13.2. The van der Waals surface area contributed by atoms with E-state index in [0.717, 1.165) is 21.7 Å². The Bertz CT molecular complexity index is 1170. The number of fused-ring (bicyclic) bond motifs is 3. The van der Waals surface area contributed by atoms with E-state index in [9.17, 15) is 14.3 Å². The number of benzene rings is 2. The third-order valence-electron chi connectivity index (χ3n) is 4.44. The zero-order valence-corrected chi connectivity index (χ0v) is 15.5. The van der Waals surface area contributed by atoms with E-state index in [4.69, 9.17) is 0 Å². The van der Waals surface area contributed by atoms with Gasteiger partial charge >= 0.3 is 5.97 Å². The lowest BCUT2D eigenvalue weighted by Gasteiger charge is -2.12. The predicted octanol–water partition coefficient (Wildman–Crippen LogP) is 4.70. The zero-order chi connectivity index (χ0) is 18.8. The van der Waals surface area contributed by atoms with Crippen LogP contribution in [0.1, 0.15) is 15.9 Å². The molecule has 4 rings (SSSR count). The van der Waals surface area contributed by atoms with Gasteiger partial charge in [0.15, 0.2) is 0 Å². The number of halogens is 2. The molecule has 0 fully saturated rings. The Kier molecular flexibility index (Phi) is 5.70. The minimum absolute atomic E-state index is 0. The number of aromatic nitrogens is 2. The summed E-state index contributed by atoms with van der Waals surface area (Å²) in [5.41, 5.74) is 1.66. The van der Waals surface area contributed by atoms with Gasteiger partial charge in [0, 0.05) is 35.1 Å². The Balaban J connectivity index is 0.00000225. The van der Waals surface area contributed by atoms with Crippen LogP contribution in [0.2, 0.25) is 0 Å². The Morgan fingerprint density at radius 1 is 1.07 bits per heavy atom. The average molecular weight is 398 g/mol. The van der Waals surface area contributed by atoms with Gasteiger partial charge in [-0.1, -0.05) is 18.2 Å². The fourth-order valence-corrected chi connectivity index (χ4v) is 3.13. The maximum Gasteiger partial charge on any atom is 0.335 e. The summed E-state index contributed by atoms with van der Waals surface area (Å²) in [5, 5.41) is 15.2. The fraction of sp³-hybridized carbons (Fsp3) is 0.0952. The molecule has 0 aliphatic carbocycles. The summed E-state index contributed by atoms with van der Waals surface area (Å²) < 4.78 is 13.3. The quantitative estimate of drug-likeness (QED) is 0.477. The third kappa shape index (κ3) is 3.87. The standard InChI is InChI=1S/C21H16FN3O2.ClH/c22-15-3-1-2-13(10-15)6-9-24-20-17-7-8-23-12-18(17)16-5-4-14(21(26)27)11-19(16)25-20;/h1-5,7-8,10-12H,6,9H2,(H,24,25)(H,26,27);1H. The van der Waals surface area contributed by atoms with Crippen molar-refractivity contribution in [3.05, 3.63) is 77.9 Å². The van der Waals surface area contributed by atoms with E-state index in [1.54, 1.807) is 36.7 Å². The number of carboxylic acid groups (broad SMARTS) is 1. The van der Waals surface area contributed by atoms with Crippen molar-refractivity contribution in [3.8, 4) is 0 Å². The largest absolute Gasteiger partial charge is 0.478 e. The van der Waals surface area contributed by atoms with Gasteiger partial charge in [-0.15, -0.1) is 12.4 Å². The molecule has 0 atom stereocenters. The molecule has 28 heavy (non-hydrogen) atoms. The van der Waals surface area contributed by atoms with E-state index in [0.29, 0.717) is 24.3 Å². The molecule has 4 aromatic rings. The number of anilines is 1. The summed E-state index contributed by atoms with van der Waals surface area (Å²) in [5.74, 6) is -0.599. The highest BCUT2D eigenvalue weighted by Gasteiger charge is 2.11. The van der Waals surface area contributed by atoms with E-state index in [2.05, 4.69) is 15.3 Å². The second-order valence-corrected chi connectivity index (χ2v) is 6.23. The van der Waals surface area contributed by atoms with Crippen molar-refractivity contribution in [1.29, 1.82) is 0 Å². The molecule has 0 saturated carbocycles. The molecule has 0 bridgehead atoms. The number of rotatable bonds is 5. The Morgan fingerprint density at radius 3 is 2.71 bits per heavy atom. The molecule has 0 amide bonds. The van der Waals surface area contributed by atoms with Crippen LogP contribution < -0.4 is 5.32 Å². The van der Waals surface area contributed by atoms with Crippen LogP contribution in [0.15, 0.2) is 60.9 Å². The third-order valence-corrected chi connectivity index (χ3v) is 4.44. The normalized spacial score (nSPS) is 10.6. The van der Waals surface area contributed by atoms with Crippen molar-refractivity contribution in [2.24, 2.45) is 0 Å². The van der Waals surface area contributed by atoms with Crippen LogP contribution in [0.5, 0.6) is 0 Å².